The standard InChI is InChI=1S/C14H29NO2/c1-6-14(5)12(15-7-2)9-13(14)17-11(4)10-16-8-3/h11-13,15H,6-10H2,1-5H3. The van der Waals surface area contributed by atoms with Crippen LogP contribution >= 0.6 is 0 Å². The van der Waals surface area contributed by atoms with Crippen molar-refractivity contribution in [2.75, 3.05) is 19.8 Å². The minimum atomic E-state index is 0.202. The Bertz CT molecular complexity index is 222. The highest BCUT2D eigenvalue weighted by molar-refractivity contribution is 5.04. The first-order valence-electron chi connectivity index (χ1n) is 7.05. The van der Waals surface area contributed by atoms with Crippen LogP contribution in [0.5, 0.6) is 0 Å². The average molecular weight is 243 g/mol. The van der Waals surface area contributed by atoms with Crippen LogP contribution in [0.25, 0.3) is 0 Å². The molecule has 1 aliphatic rings. The molecule has 1 aliphatic carbocycles. The summed E-state index contributed by atoms with van der Waals surface area (Å²) in [6.07, 6.45) is 2.88. The SMILES string of the molecule is CCNC1CC(OC(C)COCC)C1(C)CC. The molecule has 0 amide bonds. The molecule has 1 saturated carbocycles. The van der Waals surface area contributed by atoms with Gasteiger partial charge in [-0.3, -0.25) is 0 Å². The van der Waals surface area contributed by atoms with E-state index in [1.165, 1.54) is 0 Å². The largest absolute Gasteiger partial charge is 0.379 e. The number of hydrogen-bond donors (Lipinski definition) is 1. The fourth-order valence-corrected chi connectivity index (χ4v) is 2.67. The summed E-state index contributed by atoms with van der Waals surface area (Å²) in [4.78, 5) is 0. The fourth-order valence-electron chi connectivity index (χ4n) is 2.67. The lowest BCUT2D eigenvalue weighted by Crippen LogP contribution is -2.62. The van der Waals surface area contributed by atoms with Crippen LogP contribution in [0.2, 0.25) is 0 Å². The van der Waals surface area contributed by atoms with Crippen molar-refractivity contribution >= 4 is 0 Å². The lowest BCUT2D eigenvalue weighted by Gasteiger charge is -2.54. The first kappa shape index (κ1) is 14.9. The Labute approximate surface area is 106 Å². The van der Waals surface area contributed by atoms with Crippen molar-refractivity contribution in [3.8, 4) is 0 Å². The molecule has 0 aromatic rings. The maximum absolute atomic E-state index is 6.11. The van der Waals surface area contributed by atoms with Gasteiger partial charge in [0.1, 0.15) is 0 Å². The Hall–Kier alpha value is -0.120. The van der Waals surface area contributed by atoms with Crippen LogP contribution in [0.3, 0.4) is 0 Å². The van der Waals surface area contributed by atoms with Gasteiger partial charge in [0.15, 0.2) is 0 Å². The first-order valence-corrected chi connectivity index (χ1v) is 7.05. The predicted octanol–water partition coefficient (Wildman–Crippen LogP) is 2.59. The molecule has 1 N–H and O–H groups in total. The highest BCUT2D eigenvalue weighted by atomic mass is 16.5. The lowest BCUT2D eigenvalue weighted by atomic mass is 9.61. The van der Waals surface area contributed by atoms with Crippen molar-refractivity contribution in [2.45, 2.75) is 65.7 Å². The Balaban J connectivity index is 2.40. The molecule has 3 nitrogen and oxygen atoms in total. The van der Waals surface area contributed by atoms with Gasteiger partial charge in [-0.15, -0.1) is 0 Å². The third-order valence-electron chi connectivity index (χ3n) is 4.15. The zero-order chi connectivity index (χ0) is 12.9. The van der Waals surface area contributed by atoms with Gasteiger partial charge in [0.25, 0.3) is 0 Å². The van der Waals surface area contributed by atoms with Crippen molar-refractivity contribution in [3.05, 3.63) is 0 Å². The third-order valence-corrected chi connectivity index (χ3v) is 4.15. The van der Waals surface area contributed by atoms with Gasteiger partial charge in [-0.05, 0) is 33.2 Å². The van der Waals surface area contributed by atoms with E-state index in [2.05, 4.69) is 33.0 Å². The minimum absolute atomic E-state index is 0.202. The summed E-state index contributed by atoms with van der Waals surface area (Å²) in [7, 11) is 0. The van der Waals surface area contributed by atoms with E-state index < -0.39 is 0 Å². The molecule has 4 unspecified atom stereocenters. The molecule has 0 radical (unpaired) electrons. The van der Waals surface area contributed by atoms with Crippen molar-refractivity contribution in [3.63, 3.8) is 0 Å². The number of ether oxygens (including phenoxy) is 2. The first-order chi connectivity index (χ1) is 8.08. The monoisotopic (exact) mass is 243 g/mol. The molecule has 1 rings (SSSR count). The molecule has 1 fully saturated rings. The Morgan fingerprint density at radius 3 is 2.59 bits per heavy atom. The average Bonchev–Trinajstić information content (AvgIpc) is 2.34. The summed E-state index contributed by atoms with van der Waals surface area (Å²) in [5.74, 6) is 0. The Kier molecular flexibility index (Phi) is 5.90. The smallest absolute Gasteiger partial charge is 0.0784 e. The molecule has 0 heterocycles. The molecule has 0 saturated heterocycles. The van der Waals surface area contributed by atoms with Crippen LogP contribution in [0, 0.1) is 5.41 Å². The van der Waals surface area contributed by atoms with Crippen LogP contribution in [-0.4, -0.2) is 38.0 Å². The molecule has 3 heteroatoms. The van der Waals surface area contributed by atoms with Crippen LogP contribution in [0.4, 0.5) is 0 Å². The van der Waals surface area contributed by atoms with Gasteiger partial charge in [-0.1, -0.05) is 20.8 Å². The highest BCUT2D eigenvalue weighted by Crippen LogP contribution is 2.46. The summed E-state index contributed by atoms with van der Waals surface area (Å²) < 4.78 is 11.5. The summed E-state index contributed by atoms with van der Waals surface area (Å²) >= 11 is 0. The molecule has 17 heavy (non-hydrogen) atoms. The fraction of sp³-hybridized carbons (Fsp3) is 1.00. The summed E-state index contributed by atoms with van der Waals surface area (Å²) in [6.45, 7) is 13.4. The maximum Gasteiger partial charge on any atom is 0.0784 e. The van der Waals surface area contributed by atoms with Gasteiger partial charge in [0, 0.05) is 18.1 Å². The molecular formula is C14H29NO2. The number of nitrogens with one attached hydrogen (secondary N) is 1. The van der Waals surface area contributed by atoms with Gasteiger partial charge in [0.2, 0.25) is 0 Å². The summed E-state index contributed by atoms with van der Waals surface area (Å²) in [5.41, 5.74) is 0.288. The molecule has 0 bridgehead atoms. The van der Waals surface area contributed by atoms with Gasteiger partial charge in [-0.25, -0.2) is 0 Å². The molecule has 0 aromatic heterocycles. The van der Waals surface area contributed by atoms with E-state index in [0.717, 1.165) is 26.0 Å². The molecule has 0 aromatic carbocycles. The van der Waals surface area contributed by atoms with Crippen molar-refractivity contribution in [1.29, 1.82) is 0 Å². The molecule has 102 valence electrons. The van der Waals surface area contributed by atoms with E-state index in [4.69, 9.17) is 9.47 Å². The van der Waals surface area contributed by atoms with E-state index >= 15 is 0 Å². The quantitative estimate of drug-likeness (QED) is 0.711. The highest BCUT2D eigenvalue weighted by Gasteiger charge is 2.51. The zero-order valence-corrected chi connectivity index (χ0v) is 12.1. The summed E-state index contributed by atoms with van der Waals surface area (Å²) in [5, 5.41) is 3.56. The second-order valence-corrected chi connectivity index (χ2v) is 5.30. The second kappa shape index (κ2) is 6.72. The van der Waals surface area contributed by atoms with E-state index in [-0.39, 0.29) is 11.5 Å². The van der Waals surface area contributed by atoms with E-state index in [1.54, 1.807) is 0 Å². The predicted molar refractivity (Wildman–Crippen MR) is 71.3 cm³/mol. The van der Waals surface area contributed by atoms with E-state index in [0.29, 0.717) is 18.8 Å². The Morgan fingerprint density at radius 1 is 1.35 bits per heavy atom. The van der Waals surface area contributed by atoms with Gasteiger partial charge in [-0.2, -0.15) is 0 Å². The van der Waals surface area contributed by atoms with Crippen LogP contribution in [-0.2, 0) is 9.47 Å². The second-order valence-electron chi connectivity index (χ2n) is 5.30. The molecular weight excluding hydrogens is 214 g/mol. The maximum atomic E-state index is 6.11. The van der Waals surface area contributed by atoms with Crippen LogP contribution < -0.4 is 5.32 Å². The minimum Gasteiger partial charge on any atom is -0.379 e. The Morgan fingerprint density at radius 2 is 2.06 bits per heavy atom. The van der Waals surface area contributed by atoms with Crippen LogP contribution in [0.15, 0.2) is 0 Å². The van der Waals surface area contributed by atoms with Gasteiger partial charge >= 0.3 is 0 Å². The van der Waals surface area contributed by atoms with E-state index in [1.807, 2.05) is 6.92 Å². The summed E-state index contributed by atoms with van der Waals surface area (Å²) in [6, 6.07) is 0.613. The third kappa shape index (κ3) is 3.43. The van der Waals surface area contributed by atoms with Crippen molar-refractivity contribution in [1.82, 2.24) is 5.32 Å². The topological polar surface area (TPSA) is 30.5 Å². The lowest BCUT2D eigenvalue weighted by molar-refractivity contribution is -0.163. The number of hydrogen-bond acceptors (Lipinski definition) is 3. The van der Waals surface area contributed by atoms with E-state index in [9.17, 15) is 0 Å². The molecule has 0 spiro atoms. The van der Waals surface area contributed by atoms with Gasteiger partial charge < -0.3 is 14.8 Å². The van der Waals surface area contributed by atoms with Crippen LogP contribution in [0.1, 0.15) is 47.5 Å². The zero-order valence-electron chi connectivity index (χ0n) is 12.1. The van der Waals surface area contributed by atoms with Gasteiger partial charge in [0.05, 0.1) is 18.8 Å². The molecule has 0 aliphatic heterocycles. The molecule has 4 atom stereocenters. The number of rotatable bonds is 8. The van der Waals surface area contributed by atoms with Crippen molar-refractivity contribution < 1.29 is 9.47 Å². The van der Waals surface area contributed by atoms with Crippen molar-refractivity contribution in [2.24, 2.45) is 5.41 Å². The normalized spacial score (nSPS) is 34.4.